The monoisotopic (exact) mass is 1420 g/mol. The molecule has 1 aromatic rings. The molecule has 0 radical (unpaired) electrons. The number of nitrogens with one attached hydrogen (secondary N) is 1. The second kappa shape index (κ2) is 66.0. The molecular formula is C75H119NO24. The smallest absolute Gasteiger partial charge is 0.407 e. The molecule has 0 aliphatic heterocycles. The van der Waals surface area contributed by atoms with E-state index in [1.165, 1.54) is 6.92 Å². The molecule has 25 heteroatoms. The van der Waals surface area contributed by atoms with E-state index in [0.717, 1.165) is 24.8 Å². The number of esters is 11. The Bertz CT molecular complexity index is 2420. The lowest BCUT2D eigenvalue weighted by atomic mass is 10.2. The lowest BCUT2D eigenvalue weighted by Gasteiger charge is -2.08. The molecule has 1 rings (SSSR count). The molecule has 568 valence electrons. The average Bonchev–Trinajstić information content (AvgIpc) is 1.56. The molecule has 1 N–H and O–H groups in total. The summed E-state index contributed by atoms with van der Waals surface area (Å²) in [7, 11) is 0. The van der Waals surface area contributed by atoms with Crippen LogP contribution in [0.3, 0.4) is 0 Å². The first-order chi connectivity index (χ1) is 48.5. The van der Waals surface area contributed by atoms with Gasteiger partial charge in [0.2, 0.25) is 0 Å². The number of rotatable bonds is 67. The zero-order valence-corrected chi connectivity index (χ0v) is 60.1. The molecule has 0 aromatic heterocycles. The van der Waals surface area contributed by atoms with Gasteiger partial charge in [-0.05, 0) is 205 Å². The first kappa shape index (κ1) is 90.4. The molecule has 1 amide bonds. The maximum atomic E-state index is 12.1. The standard InChI is InChI=1S/C75H119NO24/c1-62(2)74(87)99-61-49-76-75(88)100-59-35-13-25-46-72(85)97-57-33-11-23-44-70(83)95-55-31-9-21-42-68(81)93-53-29-7-19-40-66(79)91-51-27-5-17-38-64(77)89-50-26-4-16-39-65(78)90-52-28-6-18-41-67(80)92-54-30-8-20-43-69(82)94-56-32-10-22-45-71(84)96-58-34-12-24-47-73(86)98-60-48-63-36-14-3-15-37-63/h3,14-15,36-37H,1,4-13,16-35,38-61H2,2H3,(H,76,88). The largest absolute Gasteiger partial charge is 0.466 e. The lowest BCUT2D eigenvalue weighted by Crippen LogP contribution is -2.29. The molecule has 0 atom stereocenters. The second-order valence-electron chi connectivity index (χ2n) is 24.5. The number of carbonyl (C=O) groups excluding carboxylic acids is 12. The third-order valence-corrected chi connectivity index (χ3v) is 15.3. The first-order valence-corrected chi connectivity index (χ1v) is 36.9. The molecule has 0 heterocycles. The second-order valence-corrected chi connectivity index (χ2v) is 24.5. The predicted molar refractivity (Wildman–Crippen MR) is 370 cm³/mol. The van der Waals surface area contributed by atoms with Gasteiger partial charge in [0.25, 0.3) is 0 Å². The number of carbonyl (C=O) groups is 12. The predicted octanol–water partition coefficient (Wildman–Crippen LogP) is 13.1. The van der Waals surface area contributed by atoms with Crippen LogP contribution in [-0.2, 0) is 116 Å². The van der Waals surface area contributed by atoms with Crippen molar-refractivity contribution in [3.63, 3.8) is 0 Å². The van der Waals surface area contributed by atoms with E-state index in [9.17, 15) is 57.5 Å². The quantitative estimate of drug-likeness (QED) is 0.0274. The van der Waals surface area contributed by atoms with Crippen LogP contribution in [0.2, 0.25) is 0 Å². The number of benzene rings is 1. The summed E-state index contributed by atoms with van der Waals surface area (Å²) in [5.74, 6) is -3.28. The van der Waals surface area contributed by atoms with Gasteiger partial charge in [-0.2, -0.15) is 0 Å². The van der Waals surface area contributed by atoms with Gasteiger partial charge in [0, 0.05) is 76.2 Å². The molecule has 0 unspecified atom stereocenters. The Balaban J connectivity index is 1.80. The summed E-state index contributed by atoms with van der Waals surface area (Å²) < 4.78 is 62.8. The van der Waals surface area contributed by atoms with Crippen molar-refractivity contribution in [3.05, 3.63) is 48.0 Å². The minimum absolute atomic E-state index is 0.0162. The van der Waals surface area contributed by atoms with Crippen LogP contribution in [0.4, 0.5) is 4.79 Å². The highest BCUT2D eigenvalue weighted by Gasteiger charge is 2.13. The first-order valence-electron chi connectivity index (χ1n) is 36.9. The molecule has 100 heavy (non-hydrogen) atoms. The molecule has 0 aliphatic rings. The Kier molecular flexibility index (Phi) is 59.7. The summed E-state index contributed by atoms with van der Waals surface area (Å²) in [6, 6.07) is 9.86. The maximum absolute atomic E-state index is 12.1. The van der Waals surface area contributed by atoms with Crippen LogP contribution in [0, 0.1) is 0 Å². The highest BCUT2D eigenvalue weighted by atomic mass is 16.6. The molecule has 0 aliphatic carbocycles. The Morgan fingerprint density at radius 1 is 0.260 bits per heavy atom. The number of unbranched alkanes of at least 4 members (excludes halogenated alkanes) is 20. The molecule has 0 spiro atoms. The van der Waals surface area contributed by atoms with E-state index in [1.807, 2.05) is 30.3 Å². The topological polar surface area (TPSA) is 328 Å². The number of amides is 1. The third kappa shape index (κ3) is 62.6. The summed E-state index contributed by atoms with van der Waals surface area (Å²) >= 11 is 0. The SMILES string of the molecule is C=C(C)C(=O)OCCNC(=O)OCCCCCC(=O)OCCCCCC(=O)OCCCCCC(=O)OCCCCCC(=O)OCCCCCC(=O)OCCCCCC(=O)OCCCCCC(=O)OCCCCCC(=O)OCCCCCC(=O)OCCCCCC(=O)OCCc1ccccc1. The number of alkyl carbamates (subject to hydrolysis) is 1. The Labute approximate surface area is 593 Å². The van der Waals surface area contributed by atoms with Crippen LogP contribution in [-0.4, -0.2) is 158 Å². The number of ether oxygens (including phenoxy) is 12. The number of hydrogen-bond acceptors (Lipinski definition) is 24. The van der Waals surface area contributed by atoms with Gasteiger partial charge in [-0.1, -0.05) is 36.9 Å². The normalized spacial score (nSPS) is 10.7. The molecule has 25 nitrogen and oxygen atoms in total. The van der Waals surface area contributed by atoms with E-state index in [0.29, 0.717) is 212 Å². The summed E-state index contributed by atoms with van der Waals surface area (Å²) in [5, 5.41) is 2.47. The van der Waals surface area contributed by atoms with E-state index < -0.39 is 12.1 Å². The highest BCUT2D eigenvalue weighted by Crippen LogP contribution is 2.13. The van der Waals surface area contributed by atoms with Crippen LogP contribution in [0.1, 0.15) is 269 Å². The average molecular weight is 1420 g/mol. The van der Waals surface area contributed by atoms with Gasteiger partial charge >= 0.3 is 71.8 Å². The van der Waals surface area contributed by atoms with Gasteiger partial charge in [0.1, 0.15) is 6.61 Å². The molecule has 0 saturated carbocycles. The van der Waals surface area contributed by atoms with Crippen molar-refractivity contribution in [2.75, 3.05) is 85.8 Å². The lowest BCUT2D eigenvalue weighted by molar-refractivity contribution is -0.146. The zero-order valence-electron chi connectivity index (χ0n) is 60.1. The van der Waals surface area contributed by atoms with Crippen LogP contribution < -0.4 is 5.32 Å². The summed E-state index contributed by atoms with van der Waals surface area (Å²) in [4.78, 5) is 143. The van der Waals surface area contributed by atoms with Gasteiger partial charge in [-0.15, -0.1) is 0 Å². The van der Waals surface area contributed by atoms with Crippen molar-refractivity contribution in [2.24, 2.45) is 0 Å². The Morgan fingerprint density at radius 2 is 0.470 bits per heavy atom. The molecule has 0 fully saturated rings. The van der Waals surface area contributed by atoms with E-state index in [1.54, 1.807) is 0 Å². The van der Waals surface area contributed by atoms with Gasteiger partial charge < -0.3 is 62.2 Å². The van der Waals surface area contributed by atoms with Crippen molar-refractivity contribution in [1.82, 2.24) is 5.32 Å². The van der Waals surface area contributed by atoms with Crippen molar-refractivity contribution in [3.8, 4) is 0 Å². The van der Waals surface area contributed by atoms with Gasteiger partial charge in [-0.25, -0.2) is 9.59 Å². The van der Waals surface area contributed by atoms with Crippen molar-refractivity contribution < 1.29 is 114 Å². The van der Waals surface area contributed by atoms with Crippen LogP contribution >= 0.6 is 0 Å². The van der Waals surface area contributed by atoms with Crippen LogP contribution in [0.5, 0.6) is 0 Å². The molecular weight excluding hydrogens is 1300 g/mol. The van der Waals surface area contributed by atoms with Crippen molar-refractivity contribution in [2.45, 2.75) is 270 Å². The minimum Gasteiger partial charge on any atom is -0.466 e. The number of hydrogen-bond donors (Lipinski definition) is 1. The van der Waals surface area contributed by atoms with E-state index >= 15 is 0 Å². The van der Waals surface area contributed by atoms with Gasteiger partial charge in [0.15, 0.2) is 0 Å². The maximum Gasteiger partial charge on any atom is 0.407 e. The summed E-state index contributed by atoms with van der Waals surface area (Å²) in [6.45, 7) is 8.27. The van der Waals surface area contributed by atoms with Gasteiger partial charge in [0.05, 0.1) is 79.2 Å². The fraction of sp³-hybridized carbons (Fsp3) is 0.733. The van der Waals surface area contributed by atoms with E-state index in [-0.39, 0.29) is 183 Å². The minimum atomic E-state index is -0.612. The van der Waals surface area contributed by atoms with E-state index in [4.69, 9.17) is 56.8 Å². The molecule has 0 saturated heterocycles. The van der Waals surface area contributed by atoms with Crippen LogP contribution in [0.15, 0.2) is 42.5 Å². The highest BCUT2D eigenvalue weighted by molar-refractivity contribution is 5.87. The summed E-state index contributed by atoms with van der Waals surface area (Å²) in [5.41, 5.74) is 1.40. The third-order valence-electron chi connectivity index (χ3n) is 15.3. The van der Waals surface area contributed by atoms with E-state index in [2.05, 4.69) is 11.9 Å². The molecule has 0 bridgehead atoms. The Morgan fingerprint density at radius 3 is 0.690 bits per heavy atom. The fourth-order valence-corrected chi connectivity index (χ4v) is 9.44. The van der Waals surface area contributed by atoms with Gasteiger partial charge in [-0.3, -0.25) is 47.9 Å². The fourth-order valence-electron chi connectivity index (χ4n) is 9.44. The molecule has 1 aromatic carbocycles. The zero-order chi connectivity index (χ0) is 73.0. The summed E-state index contributed by atoms with van der Waals surface area (Å²) in [6.07, 6.45) is 22.8. The Hall–Kier alpha value is -7.60. The van der Waals surface area contributed by atoms with Crippen molar-refractivity contribution >= 4 is 71.8 Å². The van der Waals surface area contributed by atoms with Crippen LogP contribution in [0.25, 0.3) is 0 Å². The van der Waals surface area contributed by atoms with Crippen molar-refractivity contribution in [1.29, 1.82) is 0 Å².